The van der Waals surface area contributed by atoms with E-state index in [4.69, 9.17) is 9.47 Å². The molecule has 0 radical (unpaired) electrons. The van der Waals surface area contributed by atoms with E-state index in [0.717, 1.165) is 12.8 Å². The maximum atomic E-state index is 5.64. The Bertz CT molecular complexity index is 102. The molecule has 0 N–H and O–H groups in total. The van der Waals surface area contributed by atoms with Gasteiger partial charge in [0.1, 0.15) is 0 Å². The number of rotatable bonds is 6. The SMILES string of the molecule is CCC(C)OC(CC)OC(C)C. The van der Waals surface area contributed by atoms with E-state index in [2.05, 4.69) is 20.8 Å². The highest BCUT2D eigenvalue weighted by atomic mass is 16.7. The Morgan fingerprint density at radius 2 is 1.50 bits per heavy atom. The zero-order chi connectivity index (χ0) is 9.56. The van der Waals surface area contributed by atoms with Crippen molar-refractivity contribution >= 4 is 0 Å². The molecule has 0 saturated carbocycles. The van der Waals surface area contributed by atoms with Crippen LogP contribution >= 0.6 is 0 Å². The highest BCUT2D eigenvalue weighted by molar-refractivity contribution is 4.50. The molecular weight excluding hydrogens is 152 g/mol. The molecule has 0 aromatic carbocycles. The van der Waals surface area contributed by atoms with E-state index < -0.39 is 0 Å². The average molecular weight is 174 g/mol. The van der Waals surface area contributed by atoms with Crippen LogP contribution in [0.3, 0.4) is 0 Å². The summed E-state index contributed by atoms with van der Waals surface area (Å²) in [6.07, 6.45) is 2.48. The van der Waals surface area contributed by atoms with Gasteiger partial charge in [0.25, 0.3) is 0 Å². The lowest BCUT2D eigenvalue weighted by Gasteiger charge is -2.22. The maximum Gasteiger partial charge on any atom is 0.158 e. The molecule has 2 unspecified atom stereocenters. The van der Waals surface area contributed by atoms with Gasteiger partial charge >= 0.3 is 0 Å². The van der Waals surface area contributed by atoms with Crippen LogP contribution in [-0.4, -0.2) is 18.5 Å². The first-order chi connectivity index (χ1) is 5.60. The van der Waals surface area contributed by atoms with E-state index in [1.807, 2.05) is 13.8 Å². The van der Waals surface area contributed by atoms with Gasteiger partial charge in [-0.3, -0.25) is 0 Å². The van der Waals surface area contributed by atoms with Crippen LogP contribution in [0.4, 0.5) is 0 Å². The minimum absolute atomic E-state index is 0.0278. The van der Waals surface area contributed by atoms with Crippen molar-refractivity contribution < 1.29 is 9.47 Å². The van der Waals surface area contributed by atoms with Crippen LogP contribution < -0.4 is 0 Å². The van der Waals surface area contributed by atoms with E-state index >= 15 is 0 Å². The standard InChI is InChI=1S/C10H22O2/c1-6-9(5)12-10(7-2)11-8(3)4/h8-10H,6-7H2,1-5H3. The van der Waals surface area contributed by atoms with E-state index in [9.17, 15) is 0 Å². The zero-order valence-corrected chi connectivity index (χ0v) is 8.96. The summed E-state index contributed by atoms with van der Waals surface area (Å²) >= 11 is 0. The molecule has 0 heterocycles. The van der Waals surface area contributed by atoms with Crippen LogP contribution in [0.5, 0.6) is 0 Å². The molecule has 0 saturated heterocycles. The van der Waals surface area contributed by atoms with Crippen LogP contribution in [0, 0.1) is 0 Å². The van der Waals surface area contributed by atoms with Gasteiger partial charge in [0.2, 0.25) is 0 Å². The van der Waals surface area contributed by atoms with Gasteiger partial charge in [-0.1, -0.05) is 13.8 Å². The summed E-state index contributed by atoms with van der Waals surface area (Å²) in [4.78, 5) is 0. The summed E-state index contributed by atoms with van der Waals surface area (Å²) in [5.41, 5.74) is 0. The Balaban J connectivity index is 3.66. The Morgan fingerprint density at radius 1 is 0.917 bits per heavy atom. The molecule has 74 valence electrons. The van der Waals surface area contributed by atoms with Gasteiger partial charge in [0, 0.05) is 0 Å². The normalized spacial score (nSPS) is 16.5. The van der Waals surface area contributed by atoms with Crippen LogP contribution in [0.1, 0.15) is 47.5 Å². The van der Waals surface area contributed by atoms with Crippen molar-refractivity contribution in [3.05, 3.63) is 0 Å². The molecule has 0 aromatic rings. The van der Waals surface area contributed by atoms with Gasteiger partial charge in [-0.15, -0.1) is 0 Å². The second-order valence-electron chi connectivity index (χ2n) is 3.38. The summed E-state index contributed by atoms with van der Waals surface area (Å²) in [6, 6.07) is 0. The molecule has 2 heteroatoms. The monoisotopic (exact) mass is 174 g/mol. The van der Waals surface area contributed by atoms with Gasteiger partial charge < -0.3 is 9.47 Å². The van der Waals surface area contributed by atoms with Gasteiger partial charge in [-0.25, -0.2) is 0 Å². The zero-order valence-electron chi connectivity index (χ0n) is 8.96. The Morgan fingerprint density at radius 3 is 1.83 bits per heavy atom. The predicted molar refractivity (Wildman–Crippen MR) is 51.1 cm³/mol. The van der Waals surface area contributed by atoms with Crippen molar-refractivity contribution in [3.63, 3.8) is 0 Å². The van der Waals surface area contributed by atoms with Gasteiger partial charge in [0.15, 0.2) is 6.29 Å². The summed E-state index contributed by atoms with van der Waals surface area (Å²) in [5, 5.41) is 0. The summed E-state index contributed by atoms with van der Waals surface area (Å²) in [6.45, 7) is 10.3. The van der Waals surface area contributed by atoms with Crippen molar-refractivity contribution in [2.75, 3.05) is 0 Å². The molecule has 0 aliphatic heterocycles. The van der Waals surface area contributed by atoms with Crippen molar-refractivity contribution in [2.24, 2.45) is 0 Å². The molecule has 0 aromatic heterocycles. The molecule has 0 aliphatic carbocycles. The summed E-state index contributed by atoms with van der Waals surface area (Å²) in [7, 11) is 0. The third-order valence-corrected chi connectivity index (χ3v) is 1.72. The van der Waals surface area contributed by atoms with Crippen molar-refractivity contribution in [2.45, 2.75) is 66.0 Å². The first-order valence-corrected chi connectivity index (χ1v) is 4.91. The van der Waals surface area contributed by atoms with Gasteiger partial charge in [-0.05, 0) is 33.6 Å². The Kier molecular flexibility index (Phi) is 6.39. The maximum absolute atomic E-state index is 5.64. The molecule has 0 bridgehead atoms. The second-order valence-corrected chi connectivity index (χ2v) is 3.38. The quantitative estimate of drug-likeness (QED) is 0.576. The predicted octanol–water partition coefficient (Wildman–Crippen LogP) is 2.96. The van der Waals surface area contributed by atoms with Crippen molar-refractivity contribution in [3.8, 4) is 0 Å². The Hall–Kier alpha value is -0.0800. The molecule has 2 nitrogen and oxygen atoms in total. The molecule has 0 rings (SSSR count). The van der Waals surface area contributed by atoms with Crippen LogP contribution in [0.15, 0.2) is 0 Å². The number of hydrogen-bond donors (Lipinski definition) is 0. The minimum atomic E-state index is -0.0278. The highest BCUT2D eigenvalue weighted by Crippen LogP contribution is 2.08. The first-order valence-electron chi connectivity index (χ1n) is 4.91. The molecule has 0 spiro atoms. The van der Waals surface area contributed by atoms with Crippen LogP contribution in [0.2, 0.25) is 0 Å². The third kappa shape index (κ3) is 5.56. The third-order valence-electron chi connectivity index (χ3n) is 1.72. The largest absolute Gasteiger partial charge is 0.350 e. The van der Waals surface area contributed by atoms with Crippen molar-refractivity contribution in [1.82, 2.24) is 0 Å². The average Bonchev–Trinajstić information content (AvgIpc) is 2.02. The van der Waals surface area contributed by atoms with Crippen LogP contribution in [-0.2, 0) is 9.47 Å². The highest BCUT2D eigenvalue weighted by Gasteiger charge is 2.11. The molecule has 0 aliphatic rings. The number of ether oxygens (including phenoxy) is 2. The number of hydrogen-bond acceptors (Lipinski definition) is 2. The fraction of sp³-hybridized carbons (Fsp3) is 1.00. The summed E-state index contributed by atoms with van der Waals surface area (Å²) in [5.74, 6) is 0. The lowest BCUT2D eigenvalue weighted by Crippen LogP contribution is -2.24. The fourth-order valence-electron chi connectivity index (χ4n) is 0.883. The van der Waals surface area contributed by atoms with E-state index in [-0.39, 0.29) is 12.4 Å². The molecule has 0 fully saturated rings. The molecule has 0 amide bonds. The molecule has 2 atom stereocenters. The second kappa shape index (κ2) is 6.44. The van der Waals surface area contributed by atoms with Crippen molar-refractivity contribution in [1.29, 1.82) is 0 Å². The van der Waals surface area contributed by atoms with E-state index in [0.29, 0.717) is 6.10 Å². The van der Waals surface area contributed by atoms with Gasteiger partial charge in [0.05, 0.1) is 12.2 Å². The Labute approximate surface area is 76.3 Å². The lowest BCUT2D eigenvalue weighted by atomic mass is 10.3. The van der Waals surface area contributed by atoms with E-state index in [1.54, 1.807) is 0 Å². The van der Waals surface area contributed by atoms with Crippen LogP contribution in [0.25, 0.3) is 0 Å². The summed E-state index contributed by atoms with van der Waals surface area (Å²) < 4.78 is 11.2. The lowest BCUT2D eigenvalue weighted by molar-refractivity contribution is -0.185. The first kappa shape index (κ1) is 11.9. The van der Waals surface area contributed by atoms with E-state index in [1.165, 1.54) is 0 Å². The topological polar surface area (TPSA) is 18.5 Å². The van der Waals surface area contributed by atoms with Gasteiger partial charge in [-0.2, -0.15) is 0 Å². The minimum Gasteiger partial charge on any atom is -0.350 e. The molecular formula is C10H22O2. The fourth-order valence-corrected chi connectivity index (χ4v) is 0.883. The molecule has 12 heavy (non-hydrogen) atoms. The smallest absolute Gasteiger partial charge is 0.158 e.